The molecule has 3 rings (SSSR count). The summed E-state index contributed by atoms with van der Waals surface area (Å²) in [5.41, 5.74) is -0.707. The van der Waals surface area contributed by atoms with Gasteiger partial charge in [0.1, 0.15) is 0 Å². The molecule has 3 aromatic rings. The van der Waals surface area contributed by atoms with Gasteiger partial charge in [0, 0.05) is 10.6 Å². The molecule has 0 fully saturated rings. The van der Waals surface area contributed by atoms with Crippen LogP contribution in [-0.2, 0) is 21.0 Å². The summed E-state index contributed by atoms with van der Waals surface area (Å²) in [6.45, 7) is 1.59. The highest BCUT2D eigenvalue weighted by molar-refractivity contribution is 8.00. The van der Waals surface area contributed by atoms with Crippen LogP contribution < -0.4 is 10.0 Å². The largest absolute Gasteiger partial charge is 0.416 e. The normalized spacial score (nSPS) is 12.8. The number of amides is 1. The number of sulfonamides is 1. The number of halogens is 4. The molecule has 2 N–H and O–H groups in total. The standard InChI is InChI=1S/C22H18ClF3N2O3S2/c1-14(21(29)27-20-13-15(22(24,25)26)7-12-19(20)23)32-17-10-8-16(9-11-17)28-33(30,31)18-5-3-2-4-6-18/h2-14,28H,1H3,(H,27,29). The lowest BCUT2D eigenvalue weighted by Crippen LogP contribution is -2.23. The first-order chi connectivity index (χ1) is 15.5. The third-order valence-electron chi connectivity index (χ3n) is 4.39. The number of rotatable bonds is 7. The summed E-state index contributed by atoms with van der Waals surface area (Å²) in [6.07, 6.45) is -4.56. The zero-order chi connectivity index (χ0) is 24.2. The van der Waals surface area contributed by atoms with Crippen LogP contribution in [0.2, 0.25) is 5.02 Å². The van der Waals surface area contributed by atoms with Crippen LogP contribution in [0.3, 0.4) is 0 Å². The van der Waals surface area contributed by atoms with Crippen molar-refractivity contribution in [1.82, 2.24) is 0 Å². The van der Waals surface area contributed by atoms with E-state index in [1.54, 1.807) is 49.4 Å². The fraction of sp³-hybridized carbons (Fsp3) is 0.136. The van der Waals surface area contributed by atoms with Gasteiger partial charge in [0.2, 0.25) is 5.91 Å². The molecule has 174 valence electrons. The molecule has 0 saturated carbocycles. The molecular weight excluding hydrogens is 497 g/mol. The van der Waals surface area contributed by atoms with E-state index in [-0.39, 0.29) is 15.6 Å². The Morgan fingerprint density at radius 3 is 2.24 bits per heavy atom. The van der Waals surface area contributed by atoms with Gasteiger partial charge >= 0.3 is 6.18 Å². The second-order valence-corrected chi connectivity index (χ2v) is 10.4. The molecule has 0 spiro atoms. The zero-order valence-electron chi connectivity index (χ0n) is 17.1. The third kappa shape index (κ3) is 6.66. The predicted octanol–water partition coefficient (Wildman–Crippen LogP) is 6.28. The zero-order valence-corrected chi connectivity index (χ0v) is 19.4. The number of nitrogens with one attached hydrogen (secondary N) is 2. The van der Waals surface area contributed by atoms with Gasteiger partial charge in [-0.15, -0.1) is 11.8 Å². The third-order valence-corrected chi connectivity index (χ3v) is 7.23. The minimum atomic E-state index is -4.56. The summed E-state index contributed by atoms with van der Waals surface area (Å²) in [5.74, 6) is -0.532. The van der Waals surface area contributed by atoms with Gasteiger partial charge < -0.3 is 5.32 Å². The molecule has 3 aromatic carbocycles. The van der Waals surface area contributed by atoms with E-state index in [4.69, 9.17) is 11.6 Å². The topological polar surface area (TPSA) is 75.3 Å². The van der Waals surface area contributed by atoms with Gasteiger partial charge in [-0.25, -0.2) is 8.42 Å². The number of carbonyl (C=O) groups is 1. The van der Waals surface area contributed by atoms with Gasteiger partial charge in [-0.3, -0.25) is 9.52 Å². The van der Waals surface area contributed by atoms with Gasteiger partial charge in [-0.05, 0) is 61.5 Å². The van der Waals surface area contributed by atoms with Crippen molar-refractivity contribution in [3.05, 3.63) is 83.4 Å². The Hall–Kier alpha value is -2.69. The Morgan fingerprint density at radius 1 is 1.00 bits per heavy atom. The second-order valence-electron chi connectivity index (χ2n) is 6.88. The van der Waals surface area contributed by atoms with Gasteiger partial charge in [0.25, 0.3) is 10.0 Å². The fourth-order valence-electron chi connectivity index (χ4n) is 2.70. The van der Waals surface area contributed by atoms with Crippen molar-refractivity contribution in [2.45, 2.75) is 28.1 Å². The minimum absolute atomic E-state index is 0.0106. The average Bonchev–Trinajstić information content (AvgIpc) is 2.76. The highest BCUT2D eigenvalue weighted by Gasteiger charge is 2.31. The number of alkyl halides is 3. The molecule has 11 heteroatoms. The van der Waals surface area contributed by atoms with E-state index in [0.29, 0.717) is 10.6 Å². The highest BCUT2D eigenvalue weighted by Crippen LogP contribution is 2.34. The van der Waals surface area contributed by atoms with E-state index < -0.39 is 32.9 Å². The first kappa shape index (κ1) is 24.9. The molecule has 0 bridgehead atoms. The molecule has 1 atom stereocenters. The monoisotopic (exact) mass is 514 g/mol. The molecule has 0 aromatic heterocycles. The van der Waals surface area contributed by atoms with Crippen molar-refractivity contribution >= 4 is 50.7 Å². The predicted molar refractivity (Wildman–Crippen MR) is 124 cm³/mol. The van der Waals surface area contributed by atoms with Gasteiger partial charge in [0.15, 0.2) is 0 Å². The molecule has 0 aliphatic rings. The molecule has 1 amide bonds. The van der Waals surface area contributed by atoms with Crippen molar-refractivity contribution in [3.63, 3.8) is 0 Å². The molecule has 5 nitrogen and oxygen atoms in total. The Labute approximate surface area is 198 Å². The number of hydrogen-bond donors (Lipinski definition) is 2. The summed E-state index contributed by atoms with van der Waals surface area (Å²) in [6, 6.07) is 17.0. The lowest BCUT2D eigenvalue weighted by atomic mass is 10.2. The molecule has 33 heavy (non-hydrogen) atoms. The summed E-state index contributed by atoms with van der Waals surface area (Å²) in [7, 11) is -3.73. The van der Waals surface area contributed by atoms with Gasteiger partial charge in [0.05, 0.1) is 26.4 Å². The number of hydrogen-bond acceptors (Lipinski definition) is 4. The van der Waals surface area contributed by atoms with Crippen LogP contribution in [0, 0.1) is 0 Å². The second kappa shape index (κ2) is 10.1. The Kier molecular flexibility index (Phi) is 7.61. The van der Waals surface area contributed by atoms with Crippen molar-refractivity contribution in [3.8, 4) is 0 Å². The fourth-order valence-corrected chi connectivity index (χ4v) is 4.82. The number of thioether (sulfide) groups is 1. The maximum Gasteiger partial charge on any atom is 0.416 e. The van der Waals surface area contributed by atoms with E-state index in [1.807, 2.05) is 0 Å². The van der Waals surface area contributed by atoms with E-state index >= 15 is 0 Å². The van der Waals surface area contributed by atoms with Crippen LogP contribution in [0.4, 0.5) is 24.5 Å². The average molecular weight is 515 g/mol. The summed E-state index contributed by atoms with van der Waals surface area (Å²) < 4.78 is 66.0. The van der Waals surface area contributed by atoms with Crippen LogP contribution in [0.15, 0.2) is 82.6 Å². The minimum Gasteiger partial charge on any atom is -0.324 e. The molecule has 0 radical (unpaired) electrons. The van der Waals surface area contributed by atoms with Crippen LogP contribution in [-0.4, -0.2) is 19.6 Å². The molecular formula is C22H18ClF3N2O3S2. The van der Waals surface area contributed by atoms with Crippen molar-refractivity contribution in [1.29, 1.82) is 0 Å². The lowest BCUT2D eigenvalue weighted by molar-refractivity contribution is -0.137. The summed E-state index contributed by atoms with van der Waals surface area (Å²) in [5, 5.41) is 1.75. The summed E-state index contributed by atoms with van der Waals surface area (Å²) in [4.78, 5) is 13.3. The number of anilines is 2. The van der Waals surface area contributed by atoms with Gasteiger partial charge in [-0.2, -0.15) is 13.2 Å². The number of benzene rings is 3. The Morgan fingerprint density at radius 2 is 1.64 bits per heavy atom. The SMILES string of the molecule is CC(Sc1ccc(NS(=O)(=O)c2ccccc2)cc1)C(=O)Nc1cc(C(F)(F)F)ccc1Cl. The first-order valence-electron chi connectivity index (χ1n) is 9.48. The van der Waals surface area contributed by atoms with Crippen LogP contribution >= 0.6 is 23.4 Å². The molecule has 0 aliphatic carbocycles. The van der Waals surface area contributed by atoms with Crippen molar-refractivity contribution in [2.75, 3.05) is 10.0 Å². The molecule has 1 unspecified atom stereocenters. The smallest absolute Gasteiger partial charge is 0.324 e. The van der Waals surface area contributed by atoms with Gasteiger partial charge in [-0.1, -0.05) is 29.8 Å². The van der Waals surface area contributed by atoms with Crippen LogP contribution in [0.5, 0.6) is 0 Å². The lowest BCUT2D eigenvalue weighted by Gasteiger charge is -2.15. The Balaban J connectivity index is 1.64. The van der Waals surface area contributed by atoms with Crippen molar-refractivity contribution < 1.29 is 26.4 Å². The highest BCUT2D eigenvalue weighted by atomic mass is 35.5. The summed E-state index contributed by atoms with van der Waals surface area (Å²) >= 11 is 7.08. The molecule has 0 heterocycles. The Bertz CT molecular complexity index is 1240. The maximum absolute atomic E-state index is 12.9. The van der Waals surface area contributed by atoms with Crippen LogP contribution in [0.1, 0.15) is 12.5 Å². The quantitative estimate of drug-likeness (QED) is 0.364. The first-order valence-corrected chi connectivity index (χ1v) is 12.2. The van der Waals surface area contributed by atoms with E-state index in [2.05, 4.69) is 10.0 Å². The van der Waals surface area contributed by atoms with Crippen LogP contribution in [0.25, 0.3) is 0 Å². The number of carbonyl (C=O) groups excluding carboxylic acids is 1. The van der Waals surface area contributed by atoms with E-state index in [0.717, 1.165) is 30.0 Å². The van der Waals surface area contributed by atoms with Crippen molar-refractivity contribution in [2.24, 2.45) is 0 Å². The molecule has 0 saturated heterocycles. The van der Waals surface area contributed by atoms with E-state index in [9.17, 15) is 26.4 Å². The van der Waals surface area contributed by atoms with E-state index in [1.165, 1.54) is 12.1 Å². The maximum atomic E-state index is 12.9. The molecule has 0 aliphatic heterocycles.